The number of benzene rings is 1. The van der Waals surface area contributed by atoms with Crippen LogP contribution in [0.15, 0.2) is 36.5 Å². The van der Waals surface area contributed by atoms with Crippen molar-refractivity contribution in [3.8, 4) is 11.5 Å². The fourth-order valence-corrected chi connectivity index (χ4v) is 3.73. The van der Waals surface area contributed by atoms with Crippen LogP contribution in [-0.2, 0) is 11.2 Å². The fourth-order valence-electron chi connectivity index (χ4n) is 3.73. The van der Waals surface area contributed by atoms with Gasteiger partial charge in [0.15, 0.2) is 11.5 Å². The lowest BCUT2D eigenvalue weighted by molar-refractivity contribution is -0.142. The minimum absolute atomic E-state index is 0.251. The molecule has 1 N–H and O–H groups in total. The van der Waals surface area contributed by atoms with Gasteiger partial charge in [0, 0.05) is 12.7 Å². The van der Waals surface area contributed by atoms with Crippen LogP contribution in [0.4, 0.5) is 0 Å². The first-order valence-corrected chi connectivity index (χ1v) is 9.24. The second-order valence-electron chi connectivity index (χ2n) is 6.70. The Labute approximate surface area is 159 Å². The Morgan fingerprint density at radius 2 is 2.04 bits per heavy atom. The fraction of sp³-hybridized carbons (Fsp3) is 0.429. The van der Waals surface area contributed by atoms with Crippen LogP contribution in [0.3, 0.4) is 0 Å². The summed E-state index contributed by atoms with van der Waals surface area (Å²) in [5.74, 6) is 0.477. The van der Waals surface area contributed by atoms with E-state index in [1.165, 1.54) is 0 Å². The number of carboxylic acid groups (broad SMARTS) is 1. The van der Waals surface area contributed by atoms with Crippen LogP contribution < -0.4 is 9.47 Å². The van der Waals surface area contributed by atoms with Gasteiger partial charge < -0.3 is 14.6 Å². The van der Waals surface area contributed by atoms with Crippen molar-refractivity contribution in [2.75, 3.05) is 20.8 Å². The lowest BCUT2D eigenvalue weighted by atomic mass is 9.99. The van der Waals surface area contributed by atoms with Gasteiger partial charge in [-0.15, -0.1) is 0 Å². The standard InChI is InChI=1S/C21H26N2O4/c1-4-14-7-9-16(22-13-14)20(23-11-5-6-17(23)21(24)25)15-8-10-18(26-2)19(12-15)27-3/h7-10,12-13,17,20H,4-6,11H2,1-3H3,(H,24,25). The van der Waals surface area contributed by atoms with Gasteiger partial charge in [0.25, 0.3) is 0 Å². The normalized spacial score (nSPS) is 18.3. The minimum Gasteiger partial charge on any atom is -0.493 e. The van der Waals surface area contributed by atoms with Gasteiger partial charge in [0.05, 0.1) is 26.0 Å². The summed E-state index contributed by atoms with van der Waals surface area (Å²) < 4.78 is 10.8. The molecule has 0 bridgehead atoms. The van der Waals surface area contributed by atoms with Crippen LogP contribution in [-0.4, -0.2) is 47.8 Å². The Bertz CT molecular complexity index is 791. The Hall–Kier alpha value is -2.60. The molecule has 0 amide bonds. The van der Waals surface area contributed by atoms with Gasteiger partial charge in [-0.3, -0.25) is 14.7 Å². The summed E-state index contributed by atoms with van der Waals surface area (Å²) in [7, 11) is 3.20. The molecule has 2 heterocycles. The van der Waals surface area contributed by atoms with E-state index in [0.29, 0.717) is 24.5 Å². The molecular formula is C21H26N2O4. The van der Waals surface area contributed by atoms with E-state index in [9.17, 15) is 9.90 Å². The SMILES string of the molecule is CCc1ccc(C(c2ccc(OC)c(OC)c2)N2CCCC2C(=O)O)nc1. The molecule has 2 aromatic rings. The molecule has 0 aliphatic carbocycles. The molecule has 0 spiro atoms. The highest BCUT2D eigenvalue weighted by Crippen LogP contribution is 2.38. The van der Waals surface area contributed by atoms with E-state index in [-0.39, 0.29) is 6.04 Å². The van der Waals surface area contributed by atoms with E-state index in [0.717, 1.165) is 29.7 Å². The first-order chi connectivity index (χ1) is 13.1. The van der Waals surface area contributed by atoms with Crippen LogP contribution in [0.25, 0.3) is 0 Å². The maximum absolute atomic E-state index is 11.8. The third-order valence-corrected chi connectivity index (χ3v) is 5.17. The zero-order valence-electron chi connectivity index (χ0n) is 16.0. The summed E-state index contributed by atoms with van der Waals surface area (Å²) in [6.45, 7) is 2.80. The molecule has 2 atom stereocenters. The number of carbonyl (C=O) groups is 1. The van der Waals surface area contributed by atoms with Gasteiger partial charge in [-0.1, -0.05) is 19.1 Å². The number of likely N-dealkylation sites (tertiary alicyclic amines) is 1. The van der Waals surface area contributed by atoms with Gasteiger partial charge in [-0.05, 0) is 48.6 Å². The number of rotatable bonds is 7. The molecule has 1 aliphatic heterocycles. The number of pyridine rings is 1. The number of hydrogen-bond donors (Lipinski definition) is 1. The molecule has 0 saturated carbocycles. The average molecular weight is 370 g/mol. The van der Waals surface area contributed by atoms with E-state index in [1.54, 1.807) is 14.2 Å². The zero-order chi connectivity index (χ0) is 19.4. The summed E-state index contributed by atoms with van der Waals surface area (Å²) in [6, 6.07) is 9.01. The van der Waals surface area contributed by atoms with Crippen LogP contribution >= 0.6 is 0 Å². The number of ether oxygens (including phenoxy) is 2. The number of aliphatic carboxylic acids is 1. The van der Waals surface area contributed by atoms with Crippen molar-refractivity contribution >= 4 is 5.97 Å². The first kappa shape index (κ1) is 19.2. The molecule has 6 heteroatoms. The van der Waals surface area contributed by atoms with Crippen molar-refractivity contribution in [1.82, 2.24) is 9.88 Å². The Balaban J connectivity index is 2.08. The lowest BCUT2D eigenvalue weighted by Gasteiger charge is -2.31. The number of hydrogen-bond acceptors (Lipinski definition) is 5. The highest BCUT2D eigenvalue weighted by Gasteiger charge is 2.37. The van der Waals surface area contributed by atoms with E-state index >= 15 is 0 Å². The molecule has 0 radical (unpaired) electrons. The molecule has 27 heavy (non-hydrogen) atoms. The van der Waals surface area contributed by atoms with Gasteiger partial charge in [-0.25, -0.2) is 0 Å². The molecule has 1 fully saturated rings. The van der Waals surface area contributed by atoms with Gasteiger partial charge in [-0.2, -0.15) is 0 Å². The van der Waals surface area contributed by atoms with Crippen LogP contribution in [0, 0.1) is 0 Å². The largest absolute Gasteiger partial charge is 0.493 e. The maximum Gasteiger partial charge on any atom is 0.320 e. The van der Waals surface area contributed by atoms with Crippen molar-refractivity contribution in [1.29, 1.82) is 0 Å². The molecular weight excluding hydrogens is 344 g/mol. The highest BCUT2D eigenvalue weighted by atomic mass is 16.5. The van der Waals surface area contributed by atoms with Gasteiger partial charge in [0.2, 0.25) is 0 Å². The monoisotopic (exact) mass is 370 g/mol. The van der Waals surface area contributed by atoms with E-state index in [2.05, 4.69) is 18.0 Å². The summed E-state index contributed by atoms with van der Waals surface area (Å²) in [5.41, 5.74) is 2.94. The van der Waals surface area contributed by atoms with Crippen molar-refractivity contribution < 1.29 is 19.4 Å². The molecule has 1 aromatic heterocycles. The zero-order valence-corrected chi connectivity index (χ0v) is 16.0. The van der Waals surface area contributed by atoms with Crippen LogP contribution in [0.1, 0.15) is 42.6 Å². The molecule has 1 saturated heterocycles. The number of aromatic nitrogens is 1. The Morgan fingerprint density at radius 1 is 1.26 bits per heavy atom. The summed E-state index contributed by atoms with van der Waals surface area (Å²) in [6.07, 6.45) is 4.28. The molecule has 144 valence electrons. The quantitative estimate of drug-likeness (QED) is 0.806. The molecule has 1 aromatic carbocycles. The summed E-state index contributed by atoms with van der Waals surface area (Å²) >= 11 is 0. The van der Waals surface area contributed by atoms with E-state index in [1.807, 2.05) is 35.4 Å². The molecule has 2 unspecified atom stereocenters. The number of aryl methyl sites for hydroxylation is 1. The Kier molecular flexibility index (Phi) is 5.96. The van der Waals surface area contributed by atoms with Crippen molar-refractivity contribution in [2.24, 2.45) is 0 Å². The maximum atomic E-state index is 11.8. The second-order valence-corrected chi connectivity index (χ2v) is 6.70. The molecule has 1 aliphatic rings. The van der Waals surface area contributed by atoms with Crippen molar-refractivity contribution in [3.63, 3.8) is 0 Å². The van der Waals surface area contributed by atoms with E-state index < -0.39 is 12.0 Å². The number of carboxylic acids is 1. The van der Waals surface area contributed by atoms with Crippen LogP contribution in [0.5, 0.6) is 11.5 Å². The second kappa shape index (κ2) is 8.39. The summed E-state index contributed by atoms with van der Waals surface area (Å²) in [5, 5.41) is 9.68. The average Bonchev–Trinajstić information content (AvgIpc) is 3.18. The number of nitrogens with zero attached hydrogens (tertiary/aromatic N) is 2. The topological polar surface area (TPSA) is 71.9 Å². The lowest BCUT2D eigenvalue weighted by Crippen LogP contribution is -2.39. The van der Waals surface area contributed by atoms with Crippen LogP contribution in [0.2, 0.25) is 0 Å². The van der Waals surface area contributed by atoms with Gasteiger partial charge in [0.1, 0.15) is 6.04 Å². The van der Waals surface area contributed by atoms with Gasteiger partial charge >= 0.3 is 5.97 Å². The third-order valence-electron chi connectivity index (χ3n) is 5.17. The smallest absolute Gasteiger partial charge is 0.320 e. The summed E-state index contributed by atoms with van der Waals surface area (Å²) in [4.78, 5) is 18.5. The minimum atomic E-state index is -0.789. The third kappa shape index (κ3) is 3.90. The number of methoxy groups -OCH3 is 2. The highest BCUT2D eigenvalue weighted by molar-refractivity contribution is 5.74. The van der Waals surface area contributed by atoms with E-state index in [4.69, 9.17) is 9.47 Å². The Morgan fingerprint density at radius 3 is 2.63 bits per heavy atom. The van der Waals surface area contributed by atoms with Crippen molar-refractivity contribution in [2.45, 2.75) is 38.3 Å². The predicted octanol–water partition coefficient (Wildman–Crippen LogP) is 3.30. The molecule has 3 rings (SSSR count). The first-order valence-electron chi connectivity index (χ1n) is 9.24. The predicted molar refractivity (Wildman–Crippen MR) is 102 cm³/mol. The molecule has 6 nitrogen and oxygen atoms in total. The van der Waals surface area contributed by atoms with Crippen molar-refractivity contribution in [3.05, 3.63) is 53.3 Å².